The van der Waals surface area contributed by atoms with Gasteiger partial charge in [-0.15, -0.1) is 0 Å². The third-order valence-electron chi connectivity index (χ3n) is 1.62. The van der Waals surface area contributed by atoms with E-state index in [0.717, 1.165) is 13.0 Å². The molecule has 0 saturated carbocycles. The van der Waals surface area contributed by atoms with Crippen LogP contribution in [0.2, 0.25) is 0 Å². The van der Waals surface area contributed by atoms with Crippen molar-refractivity contribution >= 4 is 0 Å². The molecule has 0 amide bonds. The quantitative estimate of drug-likeness (QED) is 0.691. The molecule has 0 aliphatic carbocycles. The normalized spacial score (nSPS) is 15.2. The fourth-order valence-corrected chi connectivity index (χ4v) is 1.23. The van der Waals surface area contributed by atoms with Crippen molar-refractivity contribution in [3.8, 4) is 0 Å². The monoisotopic (exact) mass is 173 g/mol. The van der Waals surface area contributed by atoms with Crippen molar-refractivity contribution in [2.45, 2.75) is 52.7 Å². The van der Waals surface area contributed by atoms with Crippen LogP contribution in [0.15, 0.2) is 0 Å². The first-order valence-electron chi connectivity index (χ1n) is 4.73. The Hall–Kier alpha value is -0.0800. The molecule has 0 fully saturated rings. The average molecular weight is 173 g/mol. The second kappa shape index (κ2) is 4.83. The van der Waals surface area contributed by atoms with Crippen molar-refractivity contribution in [2.24, 2.45) is 11.7 Å². The third-order valence-corrected chi connectivity index (χ3v) is 1.62. The molecular formula is C10H23NO. The van der Waals surface area contributed by atoms with Gasteiger partial charge in [-0.1, -0.05) is 13.8 Å². The second-order valence-corrected chi connectivity index (χ2v) is 4.65. The molecule has 0 saturated heterocycles. The Labute approximate surface area is 76.5 Å². The average Bonchev–Trinajstić information content (AvgIpc) is 1.81. The summed E-state index contributed by atoms with van der Waals surface area (Å²) in [5.74, 6) is 0.595. The summed E-state index contributed by atoms with van der Waals surface area (Å²) in [4.78, 5) is 0. The van der Waals surface area contributed by atoms with E-state index in [4.69, 9.17) is 10.5 Å². The molecule has 74 valence electrons. The van der Waals surface area contributed by atoms with E-state index in [2.05, 4.69) is 27.7 Å². The Kier molecular flexibility index (Phi) is 4.80. The molecule has 0 rings (SSSR count). The van der Waals surface area contributed by atoms with Gasteiger partial charge in [-0.25, -0.2) is 0 Å². The standard InChI is InChI=1S/C10H23NO/c1-8(2)7-12-10(4,5)6-9(3)11/h8-9H,6-7,11H2,1-5H3. The maximum Gasteiger partial charge on any atom is 0.0641 e. The summed E-state index contributed by atoms with van der Waals surface area (Å²) in [7, 11) is 0. The summed E-state index contributed by atoms with van der Waals surface area (Å²) < 4.78 is 5.72. The van der Waals surface area contributed by atoms with Crippen LogP contribution in [0.1, 0.15) is 41.0 Å². The Morgan fingerprint density at radius 3 is 2.08 bits per heavy atom. The molecular weight excluding hydrogens is 150 g/mol. The third kappa shape index (κ3) is 6.62. The molecule has 0 aliphatic rings. The lowest BCUT2D eigenvalue weighted by molar-refractivity contribution is -0.0388. The minimum Gasteiger partial charge on any atom is -0.375 e. The van der Waals surface area contributed by atoms with E-state index in [-0.39, 0.29) is 11.6 Å². The van der Waals surface area contributed by atoms with Gasteiger partial charge in [0.05, 0.1) is 5.60 Å². The zero-order valence-electron chi connectivity index (χ0n) is 9.05. The summed E-state index contributed by atoms with van der Waals surface area (Å²) in [5.41, 5.74) is 5.63. The molecule has 2 heteroatoms. The highest BCUT2D eigenvalue weighted by atomic mass is 16.5. The molecule has 0 heterocycles. The van der Waals surface area contributed by atoms with Gasteiger partial charge in [0.1, 0.15) is 0 Å². The van der Waals surface area contributed by atoms with Gasteiger partial charge in [-0.05, 0) is 33.1 Å². The minimum absolute atomic E-state index is 0.0710. The van der Waals surface area contributed by atoms with Crippen LogP contribution in [-0.4, -0.2) is 18.2 Å². The molecule has 0 radical (unpaired) electrons. The van der Waals surface area contributed by atoms with Gasteiger partial charge in [0, 0.05) is 12.6 Å². The Bertz CT molecular complexity index is 119. The van der Waals surface area contributed by atoms with Gasteiger partial charge in [0.15, 0.2) is 0 Å². The van der Waals surface area contributed by atoms with Gasteiger partial charge in [0.2, 0.25) is 0 Å². The molecule has 1 atom stereocenters. The lowest BCUT2D eigenvalue weighted by atomic mass is 10.0. The van der Waals surface area contributed by atoms with E-state index in [1.165, 1.54) is 0 Å². The summed E-state index contributed by atoms with van der Waals surface area (Å²) in [6.45, 7) is 11.3. The van der Waals surface area contributed by atoms with Gasteiger partial charge in [-0.3, -0.25) is 0 Å². The predicted molar refractivity (Wildman–Crippen MR) is 53.1 cm³/mol. The maximum absolute atomic E-state index is 5.72. The summed E-state index contributed by atoms with van der Waals surface area (Å²) in [6.07, 6.45) is 0.916. The van der Waals surface area contributed by atoms with Crippen molar-refractivity contribution in [3.05, 3.63) is 0 Å². The van der Waals surface area contributed by atoms with Crippen molar-refractivity contribution in [1.29, 1.82) is 0 Å². The van der Waals surface area contributed by atoms with Crippen LogP contribution in [0.4, 0.5) is 0 Å². The van der Waals surface area contributed by atoms with Crippen molar-refractivity contribution < 1.29 is 4.74 Å². The van der Waals surface area contributed by atoms with Crippen LogP contribution in [0.5, 0.6) is 0 Å². The molecule has 0 bridgehead atoms. The highest BCUT2D eigenvalue weighted by Crippen LogP contribution is 2.16. The highest BCUT2D eigenvalue weighted by molar-refractivity contribution is 4.73. The zero-order valence-corrected chi connectivity index (χ0v) is 9.05. The summed E-state index contributed by atoms with van der Waals surface area (Å²) >= 11 is 0. The number of hydrogen-bond donors (Lipinski definition) is 1. The fourth-order valence-electron chi connectivity index (χ4n) is 1.23. The van der Waals surface area contributed by atoms with Crippen LogP contribution in [0.25, 0.3) is 0 Å². The smallest absolute Gasteiger partial charge is 0.0641 e. The van der Waals surface area contributed by atoms with Crippen molar-refractivity contribution in [2.75, 3.05) is 6.61 Å². The minimum atomic E-state index is -0.0710. The van der Waals surface area contributed by atoms with E-state index >= 15 is 0 Å². The van der Waals surface area contributed by atoms with E-state index in [9.17, 15) is 0 Å². The predicted octanol–water partition coefficient (Wildman–Crippen LogP) is 2.17. The zero-order chi connectivity index (χ0) is 9.78. The molecule has 0 aromatic heterocycles. The highest BCUT2D eigenvalue weighted by Gasteiger charge is 2.20. The van der Waals surface area contributed by atoms with Crippen LogP contribution in [0.3, 0.4) is 0 Å². The number of rotatable bonds is 5. The maximum atomic E-state index is 5.72. The topological polar surface area (TPSA) is 35.2 Å². The first kappa shape index (κ1) is 11.9. The Balaban J connectivity index is 3.71. The molecule has 2 N–H and O–H groups in total. The molecule has 1 unspecified atom stereocenters. The Morgan fingerprint density at radius 2 is 1.75 bits per heavy atom. The van der Waals surface area contributed by atoms with Crippen LogP contribution in [-0.2, 0) is 4.74 Å². The molecule has 0 aliphatic heterocycles. The summed E-state index contributed by atoms with van der Waals surface area (Å²) in [6, 6.07) is 0.215. The van der Waals surface area contributed by atoms with Crippen molar-refractivity contribution in [3.63, 3.8) is 0 Å². The lowest BCUT2D eigenvalue weighted by Gasteiger charge is -2.28. The van der Waals surface area contributed by atoms with E-state index in [1.807, 2.05) is 6.92 Å². The van der Waals surface area contributed by atoms with Gasteiger partial charge in [-0.2, -0.15) is 0 Å². The van der Waals surface area contributed by atoms with Crippen molar-refractivity contribution in [1.82, 2.24) is 0 Å². The van der Waals surface area contributed by atoms with Crippen LogP contribution < -0.4 is 5.73 Å². The largest absolute Gasteiger partial charge is 0.375 e. The van der Waals surface area contributed by atoms with Gasteiger partial charge < -0.3 is 10.5 Å². The fraction of sp³-hybridized carbons (Fsp3) is 1.00. The molecule has 0 spiro atoms. The second-order valence-electron chi connectivity index (χ2n) is 4.65. The van der Waals surface area contributed by atoms with Crippen LogP contribution in [0, 0.1) is 5.92 Å². The molecule has 12 heavy (non-hydrogen) atoms. The molecule has 0 aromatic carbocycles. The molecule has 0 aromatic rings. The van der Waals surface area contributed by atoms with Crippen LogP contribution >= 0.6 is 0 Å². The number of ether oxygens (including phenoxy) is 1. The van der Waals surface area contributed by atoms with Gasteiger partial charge in [0.25, 0.3) is 0 Å². The SMILES string of the molecule is CC(C)COC(C)(C)CC(C)N. The number of nitrogens with two attached hydrogens (primary N) is 1. The first-order valence-corrected chi connectivity index (χ1v) is 4.73. The first-order chi connectivity index (χ1) is 5.33. The molecule has 2 nitrogen and oxygen atoms in total. The lowest BCUT2D eigenvalue weighted by Crippen LogP contribution is -2.33. The van der Waals surface area contributed by atoms with E-state index in [0.29, 0.717) is 5.92 Å². The van der Waals surface area contributed by atoms with Gasteiger partial charge >= 0.3 is 0 Å². The summed E-state index contributed by atoms with van der Waals surface area (Å²) in [5, 5.41) is 0. The van der Waals surface area contributed by atoms with E-state index < -0.39 is 0 Å². The Morgan fingerprint density at radius 1 is 1.25 bits per heavy atom. The van der Waals surface area contributed by atoms with E-state index in [1.54, 1.807) is 0 Å². The number of hydrogen-bond acceptors (Lipinski definition) is 2.